The summed E-state index contributed by atoms with van der Waals surface area (Å²) in [6, 6.07) is 2.67. The van der Waals surface area contributed by atoms with E-state index in [2.05, 4.69) is 24.8 Å². The van der Waals surface area contributed by atoms with Crippen molar-refractivity contribution in [3.63, 3.8) is 0 Å². The third-order valence-corrected chi connectivity index (χ3v) is 6.31. The lowest BCUT2D eigenvalue weighted by molar-refractivity contribution is 0.00778. The lowest BCUT2D eigenvalue weighted by Crippen LogP contribution is -2.36. The summed E-state index contributed by atoms with van der Waals surface area (Å²) < 4.78 is 54.7. The Bertz CT molecular complexity index is 1110. The van der Waals surface area contributed by atoms with Gasteiger partial charge in [-0.25, -0.2) is 23.9 Å². The minimum Gasteiger partial charge on any atom is -0.390 e. The zero-order valence-electron chi connectivity index (χ0n) is 16.8. The number of halogens is 2. The molecule has 0 aliphatic heterocycles. The Labute approximate surface area is 183 Å². The van der Waals surface area contributed by atoms with E-state index in [1.165, 1.54) is 6.33 Å². The fourth-order valence-electron chi connectivity index (χ4n) is 4.32. The summed E-state index contributed by atoms with van der Waals surface area (Å²) in [5, 5.41) is 31.3. The van der Waals surface area contributed by atoms with Gasteiger partial charge in [0.05, 0.1) is 24.8 Å². The first kappa shape index (κ1) is 22.7. The molecular formula is C19H23F2N5O5S. The molecule has 5 atom stereocenters. The number of aliphatic hydroxyl groups excluding tert-OH is 2. The Kier molecular flexibility index (Phi) is 6.27. The predicted molar refractivity (Wildman–Crippen MR) is 110 cm³/mol. The van der Waals surface area contributed by atoms with Crippen molar-refractivity contribution in [2.75, 3.05) is 17.2 Å². The topological polar surface area (TPSA) is 160 Å². The lowest BCUT2D eigenvalue weighted by Gasteiger charge is -2.19. The Morgan fingerprint density at radius 2 is 1.81 bits per heavy atom. The van der Waals surface area contributed by atoms with E-state index in [0.29, 0.717) is 30.0 Å². The summed E-state index contributed by atoms with van der Waals surface area (Å²) in [4.78, 5) is 8.20. The van der Waals surface area contributed by atoms with Gasteiger partial charge in [-0.15, -0.1) is 0 Å². The second kappa shape index (κ2) is 8.83. The number of rotatable bonds is 7. The van der Waals surface area contributed by atoms with Gasteiger partial charge in [0.1, 0.15) is 35.7 Å². The molecule has 32 heavy (non-hydrogen) atoms. The molecule has 6 N–H and O–H groups in total. The summed E-state index contributed by atoms with van der Waals surface area (Å²) in [7, 11) is -4.17. The molecule has 1 saturated carbocycles. The highest BCUT2D eigenvalue weighted by Gasteiger charge is 2.42. The average Bonchev–Trinajstić information content (AvgIpc) is 3.27. The number of nitrogens with two attached hydrogens (primary N) is 1. The number of hydrogen-bond acceptors (Lipinski definition) is 9. The predicted octanol–water partition coefficient (Wildman–Crippen LogP) is 0.596. The number of nitrogens with one attached hydrogen (secondary N) is 2. The number of anilines is 2. The Balaban J connectivity index is 1.43. The number of nitrogens with zero attached hydrogens (tertiary/aromatic N) is 2. The van der Waals surface area contributed by atoms with Crippen LogP contribution in [0.3, 0.4) is 0 Å². The molecule has 0 radical (unpaired) electrons. The number of hydrogen-bond donors (Lipinski definition) is 5. The van der Waals surface area contributed by atoms with Gasteiger partial charge in [-0.1, -0.05) is 0 Å². The number of fused-ring (bicyclic) bond motifs is 1. The van der Waals surface area contributed by atoms with Crippen LogP contribution in [0.1, 0.15) is 30.0 Å². The van der Waals surface area contributed by atoms with Gasteiger partial charge in [0.25, 0.3) is 0 Å². The van der Waals surface area contributed by atoms with Crippen LogP contribution in [0.4, 0.5) is 20.4 Å². The molecule has 1 heterocycles. The Morgan fingerprint density at radius 3 is 2.53 bits per heavy atom. The van der Waals surface area contributed by atoms with Gasteiger partial charge in [-0.2, -0.15) is 8.42 Å². The van der Waals surface area contributed by atoms with Crippen molar-refractivity contribution >= 4 is 21.9 Å². The monoisotopic (exact) mass is 471 g/mol. The Morgan fingerprint density at radius 1 is 1.12 bits per heavy atom. The van der Waals surface area contributed by atoms with Gasteiger partial charge in [-0.05, 0) is 37.0 Å². The minimum absolute atomic E-state index is 0.200. The van der Waals surface area contributed by atoms with Crippen LogP contribution in [0.5, 0.6) is 0 Å². The molecule has 0 amide bonds. The second-order valence-electron chi connectivity index (χ2n) is 7.95. The van der Waals surface area contributed by atoms with E-state index in [1.54, 1.807) is 6.07 Å². The number of aliphatic hydroxyl groups is 2. The van der Waals surface area contributed by atoms with Gasteiger partial charge in [0.15, 0.2) is 0 Å². The van der Waals surface area contributed by atoms with Gasteiger partial charge >= 0.3 is 10.3 Å². The molecule has 4 rings (SSSR count). The van der Waals surface area contributed by atoms with Crippen molar-refractivity contribution < 1.29 is 31.6 Å². The molecule has 0 spiro atoms. The van der Waals surface area contributed by atoms with Gasteiger partial charge < -0.3 is 20.8 Å². The van der Waals surface area contributed by atoms with E-state index in [4.69, 9.17) is 5.14 Å². The molecule has 0 unspecified atom stereocenters. The second-order valence-corrected chi connectivity index (χ2v) is 9.17. The molecule has 13 heteroatoms. The average molecular weight is 471 g/mol. The smallest absolute Gasteiger partial charge is 0.333 e. The van der Waals surface area contributed by atoms with E-state index in [0.717, 1.165) is 12.1 Å². The van der Waals surface area contributed by atoms with Gasteiger partial charge in [0.2, 0.25) is 0 Å². The molecule has 174 valence electrons. The minimum atomic E-state index is -4.17. The fourth-order valence-corrected chi connectivity index (χ4v) is 4.68. The van der Waals surface area contributed by atoms with E-state index >= 15 is 0 Å². The van der Waals surface area contributed by atoms with Crippen molar-refractivity contribution in [3.05, 3.63) is 47.3 Å². The first-order chi connectivity index (χ1) is 15.1. The molecular weight excluding hydrogens is 448 g/mol. The number of aromatic nitrogens is 2. The van der Waals surface area contributed by atoms with E-state index < -0.39 is 52.1 Å². The van der Waals surface area contributed by atoms with Crippen LogP contribution in [0, 0.1) is 17.6 Å². The zero-order chi connectivity index (χ0) is 23.0. The number of benzene rings is 1. The zero-order valence-corrected chi connectivity index (χ0v) is 17.6. The van der Waals surface area contributed by atoms with Crippen molar-refractivity contribution in [2.24, 2.45) is 11.1 Å². The SMILES string of the molecule is NS(=O)(=O)OC[C@H]1C[C@@H](Nc2cc(N[C@H]3CCc4c(F)ccc(F)c43)ncn2)[C@H](O)[C@@H]1O. The first-order valence-electron chi connectivity index (χ1n) is 9.97. The normalized spacial score (nSPS) is 27.3. The van der Waals surface area contributed by atoms with Crippen LogP contribution in [-0.2, 0) is 20.9 Å². The molecule has 0 bridgehead atoms. The molecule has 2 aliphatic rings. The largest absolute Gasteiger partial charge is 0.390 e. The highest BCUT2D eigenvalue weighted by Crippen LogP contribution is 2.37. The van der Waals surface area contributed by atoms with Crippen molar-refractivity contribution in [1.29, 1.82) is 0 Å². The maximum Gasteiger partial charge on any atom is 0.333 e. The quantitative estimate of drug-likeness (QED) is 0.389. The van der Waals surface area contributed by atoms with Crippen LogP contribution in [-0.4, -0.2) is 53.5 Å². The van der Waals surface area contributed by atoms with Crippen molar-refractivity contribution in [1.82, 2.24) is 9.97 Å². The van der Waals surface area contributed by atoms with Gasteiger partial charge in [0, 0.05) is 17.5 Å². The third-order valence-electron chi connectivity index (χ3n) is 5.85. The summed E-state index contributed by atoms with van der Waals surface area (Å²) in [6.45, 7) is -0.366. The molecule has 1 aromatic heterocycles. The summed E-state index contributed by atoms with van der Waals surface area (Å²) >= 11 is 0. The molecule has 0 saturated heterocycles. The van der Waals surface area contributed by atoms with Crippen molar-refractivity contribution in [2.45, 2.75) is 43.6 Å². The highest BCUT2D eigenvalue weighted by molar-refractivity contribution is 7.84. The van der Waals surface area contributed by atoms with Crippen LogP contribution >= 0.6 is 0 Å². The standard InChI is InChI=1S/C19H23F2N5O5S/c20-11-2-3-12(21)17-10(11)1-4-13(17)25-15-6-16(24-8-23-15)26-14-5-9(18(27)19(14)28)7-31-32(22,29)30/h2-3,6,8-9,13-14,18-19,27-28H,1,4-5,7H2,(H2,22,29,30)(H2,23,24,25,26)/t9-,13+,14-,18-,19+/m1/s1. The van der Waals surface area contributed by atoms with Crippen LogP contribution < -0.4 is 15.8 Å². The molecule has 2 aromatic rings. The molecule has 1 fully saturated rings. The maximum atomic E-state index is 14.3. The lowest BCUT2D eigenvalue weighted by atomic mass is 10.1. The fraction of sp³-hybridized carbons (Fsp3) is 0.474. The van der Waals surface area contributed by atoms with Crippen LogP contribution in [0.2, 0.25) is 0 Å². The first-order valence-corrected chi connectivity index (χ1v) is 11.4. The van der Waals surface area contributed by atoms with Crippen molar-refractivity contribution in [3.8, 4) is 0 Å². The summed E-state index contributed by atoms with van der Waals surface area (Å²) in [5.74, 6) is -0.894. The third kappa shape index (κ3) is 4.81. The molecule has 1 aromatic carbocycles. The summed E-state index contributed by atoms with van der Waals surface area (Å²) in [5.41, 5.74) is 0.635. The Hall–Kier alpha value is -2.45. The van der Waals surface area contributed by atoms with E-state index in [-0.39, 0.29) is 18.6 Å². The van der Waals surface area contributed by atoms with E-state index in [1.807, 2.05) is 0 Å². The van der Waals surface area contributed by atoms with Crippen LogP contribution in [0.25, 0.3) is 0 Å². The van der Waals surface area contributed by atoms with E-state index in [9.17, 15) is 27.4 Å². The van der Waals surface area contributed by atoms with Gasteiger partial charge in [-0.3, -0.25) is 4.18 Å². The van der Waals surface area contributed by atoms with Crippen LogP contribution in [0.15, 0.2) is 24.5 Å². The molecule has 10 nitrogen and oxygen atoms in total. The molecule has 2 aliphatic carbocycles. The maximum absolute atomic E-state index is 14.3. The highest BCUT2D eigenvalue weighted by atomic mass is 32.2. The summed E-state index contributed by atoms with van der Waals surface area (Å²) in [6.07, 6.45) is -0.0525.